The van der Waals surface area contributed by atoms with E-state index in [2.05, 4.69) is 39.6 Å². The molecular formula is C15H31N. The summed E-state index contributed by atoms with van der Waals surface area (Å²) in [5.74, 6) is 0.856. The Hall–Kier alpha value is -0.300. The second kappa shape index (κ2) is 9.89. The van der Waals surface area contributed by atoms with Gasteiger partial charge in [-0.25, -0.2) is 0 Å². The van der Waals surface area contributed by atoms with Crippen LogP contribution in [-0.4, -0.2) is 12.6 Å². The molecular weight excluding hydrogens is 194 g/mol. The molecule has 0 amide bonds. The van der Waals surface area contributed by atoms with Gasteiger partial charge in [0.1, 0.15) is 0 Å². The van der Waals surface area contributed by atoms with Crippen LogP contribution in [0.3, 0.4) is 0 Å². The first-order chi connectivity index (χ1) is 7.65. The van der Waals surface area contributed by atoms with E-state index in [1.165, 1.54) is 44.1 Å². The molecule has 0 saturated heterocycles. The van der Waals surface area contributed by atoms with E-state index >= 15 is 0 Å². The van der Waals surface area contributed by atoms with Gasteiger partial charge in [-0.15, -0.1) is 6.58 Å². The van der Waals surface area contributed by atoms with Gasteiger partial charge in [0.2, 0.25) is 0 Å². The summed E-state index contributed by atoms with van der Waals surface area (Å²) in [6.07, 6.45) is 7.76. The van der Waals surface area contributed by atoms with Crippen molar-refractivity contribution < 1.29 is 0 Å². The monoisotopic (exact) mass is 225 g/mol. The van der Waals surface area contributed by atoms with Crippen molar-refractivity contribution in [3.8, 4) is 0 Å². The highest BCUT2D eigenvalue weighted by Crippen LogP contribution is 2.22. The Morgan fingerprint density at radius 2 is 1.62 bits per heavy atom. The summed E-state index contributed by atoms with van der Waals surface area (Å²) < 4.78 is 0. The van der Waals surface area contributed by atoms with Crippen molar-refractivity contribution in [3.63, 3.8) is 0 Å². The molecule has 1 nitrogen and oxygen atoms in total. The first-order valence-electron chi connectivity index (χ1n) is 7.03. The number of hydrogen-bond acceptors (Lipinski definition) is 1. The molecule has 0 aliphatic rings. The van der Waals surface area contributed by atoms with Gasteiger partial charge >= 0.3 is 0 Å². The van der Waals surface area contributed by atoms with E-state index < -0.39 is 0 Å². The molecule has 0 saturated carbocycles. The summed E-state index contributed by atoms with van der Waals surface area (Å²) in [4.78, 5) is 0. The molecule has 96 valence electrons. The minimum absolute atomic E-state index is 0.696. The van der Waals surface area contributed by atoms with Crippen LogP contribution >= 0.6 is 0 Å². The average molecular weight is 225 g/mol. The van der Waals surface area contributed by atoms with E-state index in [-0.39, 0.29) is 0 Å². The average Bonchev–Trinajstić information content (AvgIpc) is 2.24. The van der Waals surface area contributed by atoms with E-state index in [1.54, 1.807) is 0 Å². The zero-order valence-corrected chi connectivity index (χ0v) is 11.8. The Bertz CT molecular complexity index is 168. The third kappa shape index (κ3) is 7.05. The molecule has 0 aliphatic carbocycles. The van der Waals surface area contributed by atoms with Crippen LogP contribution in [0.2, 0.25) is 0 Å². The lowest BCUT2D eigenvalue weighted by Gasteiger charge is -2.27. The SMILES string of the molecule is C=C(C)CCC(NCC)C(CCC)CCC. The van der Waals surface area contributed by atoms with Crippen LogP contribution in [0, 0.1) is 5.92 Å². The third-order valence-electron chi connectivity index (χ3n) is 3.24. The largest absolute Gasteiger partial charge is 0.314 e. The Morgan fingerprint density at radius 3 is 2.00 bits per heavy atom. The molecule has 0 radical (unpaired) electrons. The van der Waals surface area contributed by atoms with E-state index in [9.17, 15) is 0 Å². The van der Waals surface area contributed by atoms with Gasteiger partial charge in [0.25, 0.3) is 0 Å². The van der Waals surface area contributed by atoms with Gasteiger partial charge in [-0.05, 0) is 45.1 Å². The molecule has 0 spiro atoms. The van der Waals surface area contributed by atoms with Gasteiger partial charge < -0.3 is 5.32 Å². The molecule has 1 heteroatoms. The number of rotatable bonds is 10. The number of nitrogens with one attached hydrogen (secondary N) is 1. The van der Waals surface area contributed by atoms with Gasteiger partial charge in [-0.1, -0.05) is 39.2 Å². The van der Waals surface area contributed by atoms with Gasteiger partial charge in [-0.3, -0.25) is 0 Å². The summed E-state index contributed by atoms with van der Waals surface area (Å²) in [6, 6.07) is 0.696. The Balaban J connectivity index is 4.24. The predicted molar refractivity (Wildman–Crippen MR) is 74.8 cm³/mol. The smallest absolute Gasteiger partial charge is 0.00982 e. The number of hydrogen-bond donors (Lipinski definition) is 1. The first kappa shape index (κ1) is 15.7. The van der Waals surface area contributed by atoms with E-state index in [1.807, 2.05) is 0 Å². The lowest BCUT2D eigenvalue weighted by molar-refractivity contribution is 0.300. The fourth-order valence-corrected chi connectivity index (χ4v) is 2.46. The van der Waals surface area contributed by atoms with Crippen molar-refractivity contribution in [2.75, 3.05) is 6.54 Å². The molecule has 0 rings (SSSR count). The van der Waals surface area contributed by atoms with Gasteiger partial charge in [0.15, 0.2) is 0 Å². The van der Waals surface area contributed by atoms with Crippen molar-refractivity contribution >= 4 is 0 Å². The summed E-state index contributed by atoms with van der Waals surface area (Å²) in [6.45, 7) is 14.0. The summed E-state index contributed by atoms with van der Waals surface area (Å²) >= 11 is 0. The van der Waals surface area contributed by atoms with Crippen LogP contribution in [0.25, 0.3) is 0 Å². The molecule has 0 fully saturated rings. The van der Waals surface area contributed by atoms with E-state index in [0.29, 0.717) is 6.04 Å². The minimum atomic E-state index is 0.696. The van der Waals surface area contributed by atoms with Crippen molar-refractivity contribution in [2.45, 2.75) is 72.3 Å². The molecule has 1 N–H and O–H groups in total. The lowest BCUT2D eigenvalue weighted by atomic mass is 9.87. The highest BCUT2D eigenvalue weighted by molar-refractivity contribution is 4.90. The molecule has 0 bridgehead atoms. The second-order valence-electron chi connectivity index (χ2n) is 5.00. The molecule has 0 aromatic rings. The van der Waals surface area contributed by atoms with Crippen molar-refractivity contribution in [2.24, 2.45) is 5.92 Å². The molecule has 0 aromatic carbocycles. The molecule has 0 heterocycles. The van der Waals surface area contributed by atoms with Crippen LogP contribution in [0.5, 0.6) is 0 Å². The fraction of sp³-hybridized carbons (Fsp3) is 0.867. The van der Waals surface area contributed by atoms with Crippen molar-refractivity contribution in [3.05, 3.63) is 12.2 Å². The zero-order chi connectivity index (χ0) is 12.4. The second-order valence-corrected chi connectivity index (χ2v) is 5.00. The summed E-state index contributed by atoms with van der Waals surface area (Å²) in [5, 5.41) is 3.67. The van der Waals surface area contributed by atoms with Crippen LogP contribution in [0.4, 0.5) is 0 Å². The number of allylic oxidation sites excluding steroid dienone is 1. The first-order valence-corrected chi connectivity index (χ1v) is 7.03. The maximum atomic E-state index is 4.01. The quantitative estimate of drug-likeness (QED) is 0.538. The van der Waals surface area contributed by atoms with Gasteiger partial charge in [-0.2, -0.15) is 0 Å². The summed E-state index contributed by atoms with van der Waals surface area (Å²) in [7, 11) is 0. The third-order valence-corrected chi connectivity index (χ3v) is 3.24. The Morgan fingerprint density at radius 1 is 1.06 bits per heavy atom. The van der Waals surface area contributed by atoms with Crippen molar-refractivity contribution in [1.29, 1.82) is 0 Å². The zero-order valence-electron chi connectivity index (χ0n) is 11.8. The molecule has 1 atom stereocenters. The highest BCUT2D eigenvalue weighted by atomic mass is 14.9. The summed E-state index contributed by atoms with van der Waals surface area (Å²) in [5.41, 5.74) is 1.31. The van der Waals surface area contributed by atoms with Gasteiger partial charge in [0.05, 0.1) is 0 Å². The fourth-order valence-electron chi connectivity index (χ4n) is 2.46. The minimum Gasteiger partial charge on any atom is -0.314 e. The molecule has 0 aliphatic heterocycles. The Kier molecular flexibility index (Phi) is 9.71. The predicted octanol–water partition coefficient (Wildman–Crippen LogP) is 4.54. The topological polar surface area (TPSA) is 12.0 Å². The van der Waals surface area contributed by atoms with Crippen LogP contribution < -0.4 is 5.32 Å². The van der Waals surface area contributed by atoms with Crippen LogP contribution in [-0.2, 0) is 0 Å². The van der Waals surface area contributed by atoms with Gasteiger partial charge in [0, 0.05) is 6.04 Å². The maximum Gasteiger partial charge on any atom is 0.00982 e. The van der Waals surface area contributed by atoms with Crippen molar-refractivity contribution in [1.82, 2.24) is 5.32 Å². The van der Waals surface area contributed by atoms with Crippen LogP contribution in [0.1, 0.15) is 66.2 Å². The molecule has 1 unspecified atom stereocenters. The normalized spacial score (nSPS) is 13.1. The Labute approximate surface area is 103 Å². The van der Waals surface area contributed by atoms with Crippen LogP contribution in [0.15, 0.2) is 12.2 Å². The maximum absolute atomic E-state index is 4.01. The highest BCUT2D eigenvalue weighted by Gasteiger charge is 2.18. The molecule has 16 heavy (non-hydrogen) atoms. The standard InChI is InChI=1S/C15H31N/c1-6-9-14(10-7-2)15(16-8-3)12-11-13(4)5/h14-16H,4,6-12H2,1-3,5H3. The van der Waals surface area contributed by atoms with E-state index in [4.69, 9.17) is 0 Å². The molecule has 0 aromatic heterocycles. The van der Waals surface area contributed by atoms with E-state index in [0.717, 1.165) is 12.5 Å². The lowest BCUT2D eigenvalue weighted by Crippen LogP contribution is -2.36.